The zero-order valence-corrected chi connectivity index (χ0v) is 18.2. The Bertz CT molecular complexity index is 473. The zero-order valence-electron chi connectivity index (χ0n) is 14.2. The lowest BCUT2D eigenvalue weighted by Gasteiger charge is -2.32. The van der Waals surface area contributed by atoms with Gasteiger partial charge in [-0.1, -0.05) is 17.8 Å². The molecule has 1 fully saturated rings. The topological polar surface area (TPSA) is 52.5 Å². The molecule has 8 heteroatoms. The Labute approximate surface area is 170 Å². The summed E-state index contributed by atoms with van der Waals surface area (Å²) in [6.45, 7) is 8.00. The SMILES string of the molecule is C=CCN1CCC(NC(=NC)NCCCSc2nccs2)CC1.I. The van der Waals surface area contributed by atoms with E-state index in [0.717, 1.165) is 61.5 Å². The second-order valence-corrected chi connectivity index (χ2v) is 7.74. The van der Waals surface area contributed by atoms with Gasteiger partial charge in [0.2, 0.25) is 0 Å². The van der Waals surface area contributed by atoms with E-state index in [9.17, 15) is 0 Å². The van der Waals surface area contributed by atoms with Crippen LogP contribution >= 0.6 is 47.1 Å². The highest BCUT2D eigenvalue weighted by Crippen LogP contribution is 2.20. The predicted molar refractivity (Wildman–Crippen MR) is 117 cm³/mol. The molecular formula is C16H28IN5S2. The van der Waals surface area contributed by atoms with E-state index in [-0.39, 0.29) is 24.0 Å². The Morgan fingerprint density at radius 2 is 2.33 bits per heavy atom. The van der Waals surface area contributed by atoms with Crippen LogP contribution in [-0.4, -0.2) is 60.9 Å². The number of guanidine groups is 1. The molecule has 0 aromatic carbocycles. The van der Waals surface area contributed by atoms with Crippen molar-refractivity contribution >= 4 is 53.0 Å². The fourth-order valence-electron chi connectivity index (χ4n) is 2.55. The van der Waals surface area contributed by atoms with E-state index < -0.39 is 0 Å². The Kier molecular flexibility index (Phi) is 11.7. The minimum absolute atomic E-state index is 0. The van der Waals surface area contributed by atoms with Crippen LogP contribution in [0.5, 0.6) is 0 Å². The van der Waals surface area contributed by atoms with Crippen molar-refractivity contribution in [1.82, 2.24) is 20.5 Å². The third-order valence-corrected chi connectivity index (χ3v) is 5.84. The van der Waals surface area contributed by atoms with Gasteiger partial charge in [0.25, 0.3) is 0 Å². The molecule has 136 valence electrons. The number of thiazole rings is 1. The van der Waals surface area contributed by atoms with E-state index in [2.05, 4.69) is 32.1 Å². The van der Waals surface area contributed by atoms with Crippen molar-refractivity contribution in [3.8, 4) is 0 Å². The second-order valence-electron chi connectivity index (χ2n) is 5.51. The molecule has 0 unspecified atom stereocenters. The van der Waals surface area contributed by atoms with Gasteiger partial charge in [-0.05, 0) is 19.3 Å². The molecule has 1 saturated heterocycles. The Balaban J connectivity index is 0.00000288. The van der Waals surface area contributed by atoms with Crippen molar-refractivity contribution in [3.05, 3.63) is 24.2 Å². The number of aromatic nitrogens is 1. The number of nitrogens with zero attached hydrogens (tertiary/aromatic N) is 3. The number of halogens is 1. The van der Waals surface area contributed by atoms with Gasteiger partial charge in [0.05, 0.1) is 0 Å². The van der Waals surface area contributed by atoms with E-state index >= 15 is 0 Å². The first-order valence-corrected chi connectivity index (χ1v) is 10.0. The maximum atomic E-state index is 4.33. The lowest BCUT2D eigenvalue weighted by molar-refractivity contribution is 0.225. The fourth-order valence-corrected chi connectivity index (χ4v) is 4.20. The molecule has 2 N–H and O–H groups in total. The van der Waals surface area contributed by atoms with E-state index in [0.29, 0.717) is 6.04 Å². The molecule has 5 nitrogen and oxygen atoms in total. The van der Waals surface area contributed by atoms with Crippen LogP contribution in [0.4, 0.5) is 0 Å². The number of thioether (sulfide) groups is 1. The van der Waals surface area contributed by atoms with Crippen molar-refractivity contribution in [2.24, 2.45) is 4.99 Å². The van der Waals surface area contributed by atoms with Gasteiger partial charge < -0.3 is 10.6 Å². The molecule has 1 aliphatic rings. The molecule has 24 heavy (non-hydrogen) atoms. The summed E-state index contributed by atoms with van der Waals surface area (Å²) in [6.07, 6.45) is 7.26. The first-order valence-electron chi connectivity index (χ1n) is 8.14. The van der Waals surface area contributed by atoms with E-state index in [1.807, 2.05) is 36.5 Å². The molecule has 1 aromatic rings. The number of nitrogens with one attached hydrogen (secondary N) is 2. The smallest absolute Gasteiger partial charge is 0.191 e. The summed E-state index contributed by atoms with van der Waals surface area (Å²) in [4.78, 5) is 11.1. The quantitative estimate of drug-likeness (QED) is 0.149. The van der Waals surface area contributed by atoms with Crippen LogP contribution in [0, 0.1) is 0 Å². The number of piperidine rings is 1. The van der Waals surface area contributed by atoms with E-state index in [1.165, 1.54) is 0 Å². The monoisotopic (exact) mass is 481 g/mol. The summed E-state index contributed by atoms with van der Waals surface area (Å²) in [6, 6.07) is 0.520. The Hall–Kier alpha value is -0.320. The summed E-state index contributed by atoms with van der Waals surface area (Å²) in [7, 11) is 1.84. The predicted octanol–water partition coefficient (Wildman–Crippen LogP) is 3.06. The number of hydrogen-bond acceptors (Lipinski definition) is 5. The summed E-state index contributed by atoms with van der Waals surface area (Å²) < 4.78 is 1.15. The molecule has 0 spiro atoms. The lowest BCUT2D eigenvalue weighted by atomic mass is 10.1. The summed E-state index contributed by atoms with van der Waals surface area (Å²) in [5.41, 5.74) is 0. The van der Waals surface area contributed by atoms with Gasteiger partial charge in [0.15, 0.2) is 5.96 Å². The van der Waals surface area contributed by atoms with Crippen molar-refractivity contribution < 1.29 is 0 Å². The minimum Gasteiger partial charge on any atom is -0.356 e. The molecule has 0 aliphatic carbocycles. The molecular weight excluding hydrogens is 453 g/mol. The molecule has 0 radical (unpaired) electrons. The molecule has 2 rings (SSSR count). The molecule has 0 saturated carbocycles. The first kappa shape index (κ1) is 21.7. The lowest BCUT2D eigenvalue weighted by Crippen LogP contribution is -2.48. The molecule has 0 atom stereocenters. The normalized spacial score (nSPS) is 16.5. The Morgan fingerprint density at radius 3 is 2.96 bits per heavy atom. The van der Waals surface area contributed by atoms with Gasteiger partial charge in [0, 0.05) is 56.6 Å². The maximum absolute atomic E-state index is 4.33. The van der Waals surface area contributed by atoms with Crippen molar-refractivity contribution in [2.75, 3.05) is 39.0 Å². The summed E-state index contributed by atoms with van der Waals surface area (Å²) >= 11 is 3.52. The van der Waals surface area contributed by atoms with Crippen LogP contribution in [0.1, 0.15) is 19.3 Å². The van der Waals surface area contributed by atoms with Crippen molar-refractivity contribution in [3.63, 3.8) is 0 Å². The number of hydrogen-bond donors (Lipinski definition) is 2. The largest absolute Gasteiger partial charge is 0.356 e. The number of aliphatic imine (C=N–C) groups is 1. The maximum Gasteiger partial charge on any atom is 0.191 e. The second kappa shape index (κ2) is 13.0. The van der Waals surface area contributed by atoms with Gasteiger partial charge in [-0.2, -0.15) is 0 Å². The molecule has 0 bridgehead atoms. The highest BCUT2D eigenvalue weighted by Gasteiger charge is 2.18. The van der Waals surface area contributed by atoms with Gasteiger partial charge >= 0.3 is 0 Å². The third-order valence-electron chi connectivity index (χ3n) is 3.79. The van der Waals surface area contributed by atoms with Gasteiger partial charge in [-0.15, -0.1) is 41.9 Å². The standard InChI is InChI=1S/C16H27N5S2.HI/c1-3-9-21-10-5-14(6-11-21)20-15(17-2)18-7-4-12-22-16-19-8-13-23-16;/h3,8,13-14H,1,4-7,9-12H2,2H3,(H2,17,18,20);1H. The minimum atomic E-state index is 0. The number of likely N-dealkylation sites (tertiary alicyclic amines) is 1. The molecule has 2 heterocycles. The summed E-state index contributed by atoms with van der Waals surface area (Å²) in [5, 5.41) is 8.97. The third kappa shape index (κ3) is 8.17. The highest BCUT2D eigenvalue weighted by atomic mass is 127. The van der Waals surface area contributed by atoms with Crippen LogP contribution in [0.25, 0.3) is 0 Å². The number of rotatable bonds is 8. The van der Waals surface area contributed by atoms with Gasteiger partial charge in [-0.25, -0.2) is 4.98 Å². The zero-order chi connectivity index (χ0) is 16.3. The fraction of sp³-hybridized carbons (Fsp3) is 0.625. The van der Waals surface area contributed by atoms with Crippen LogP contribution in [0.15, 0.2) is 33.6 Å². The Morgan fingerprint density at radius 1 is 1.54 bits per heavy atom. The molecule has 1 aliphatic heterocycles. The molecule has 1 aromatic heterocycles. The average Bonchev–Trinajstić information content (AvgIpc) is 3.09. The van der Waals surface area contributed by atoms with Crippen LogP contribution < -0.4 is 10.6 Å². The van der Waals surface area contributed by atoms with Gasteiger partial charge in [0.1, 0.15) is 4.34 Å². The van der Waals surface area contributed by atoms with Gasteiger partial charge in [-0.3, -0.25) is 9.89 Å². The first-order chi connectivity index (χ1) is 11.3. The van der Waals surface area contributed by atoms with Crippen molar-refractivity contribution in [2.45, 2.75) is 29.6 Å². The van der Waals surface area contributed by atoms with Crippen molar-refractivity contribution in [1.29, 1.82) is 0 Å². The van der Waals surface area contributed by atoms with E-state index in [4.69, 9.17) is 0 Å². The van der Waals surface area contributed by atoms with Crippen LogP contribution in [-0.2, 0) is 0 Å². The van der Waals surface area contributed by atoms with Crippen LogP contribution in [0.3, 0.4) is 0 Å². The highest BCUT2D eigenvalue weighted by molar-refractivity contribution is 14.0. The summed E-state index contributed by atoms with van der Waals surface area (Å²) in [5.74, 6) is 2.00. The van der Waals surface area contributed by atoms with E-state index in [1.54, 1.807) is 11.3 Å². The molecule has 0 amide bonds. The average molecular weight is 481 g/mol. The van der Waals surface area contributed by atoms with Crippen LogP contribution in [0.2, 0.25) is 0 Å².